The molecule has 0 bridgehead atoms. The van der Waals surface area contributed by atoms with Crippen LogP contribution in [0.5, 0.6) is 0 Å². The Balaban J connectivity index is 1.91. The number of hydrogen-bond donors (Lipinski definition) is 2. The number of benzene rings is 1. The maximum atomic E-state index is 12.1. The van der Waals surface area contributed by atoms with Gasteiger partial charge in [-0.1, -0.05) is 11.6 Å². The van der Waals surface area contributed by atoms with Gasteiger partial charge in [0.2, 0.25) is 11.8 Å². The van der Waals surface area contributed by atoms with Crippen LogP contribution < -0.4 is 11.1 Å². The van der Waals surface area contributed by atoms with Crippen molar-refractivity contribution in [3.05, 3.63) is 28.8 Å². The summed E-state index contributed by atoms with van der Waals surface area (Å²) >= 11 is 5.89. The van der Waals surface area contributed by atoms with E-state index in [1.165, 1.54) is 0 Å². The number of nitrogens with zero attached hydrogens (tertiary/aromatic N) is 1. The number of rotatable bonds is 4. The number of nitrogens with one attached hydrogen (secondary N) is 1. The minimum Gasteiger partial charge on any atom is -0.369 e. The van der Waals surface area contributed by atoms with Gasteiger partial charge in [0.25, 0.3) is 0 Å². The van der Waals surface area contributed by atoms with Gasteiger partial charge >= 0.3 is 0 Å². The van der Waals surface area contributed by atoms with Crippen molar-refractivity contribution in [3.63, 3.8) is 0 Å². The van der Waals surface area contributed by atoms with Gasteiger partial charge in [-0.25, -0.2) is 0 Å². The molecule has 2 amide bonds. The van der Waals surface area contributed by atoms with Crippen LogP contribution >= 0.6 is 11.6 Å². The molecule has 1 aromatic carbocycles. The first-order chi connectivity index (χ1) is 9.95. The SMILES string of the molecule is Cc1cc(Cl)ccc1NC(=O)CN1CCC[C@@H](C(N)=O)C1. The van der Waals surface area contributed by atoms with Gasteiger partial charge in [-0.2, -0.15) is 0 Å². The van der Waals surface area contributed by atoms with Gasteiger partial charge < -0.3 is 11.1 Å². The molecule has 1 saturated heterocycles. The second-order valence-electron chi connectivity index (χ2n) is 5.48. The molecule has 2 rings (SSSR count). The average Bonchev–Trinajstić information content (AvgIpc) is 2.42. The van der Waals surface area contributed by atoms with Crippen LogP contribution in [0.4, 0.5) is 5.69 Å². The van der Waals surface area contributed by atoms with E-state index < -0.39 is 0 Å². The fraction of sp³-hybridized carbons (Fsp3) is 0.467. The number of anilines is 1. The van der Waals surface area contributed by atoms with Crippen LogP contribution in [0.25, 0.3) is 0 Å². The van der Waals surface area contributed by atoms with Crippen molar-refractivity contribution in [2.24, 2.45) is 11.7 Å². The molecule has 114 valence electrons. The molecule has 1 aromatic rings. The zero-order valence-electron chi connectivity index (χ0n) is 12.1. The molecule has 0 saturated carbocycles. The van der Waals surface area contributed by atoms with E-state index in [1.807, 2.05) is 11.8 Å². The third-order valence-electron chi connectivity index (χ3n) is 3.74. The fourth-order valence-corrected chi connectivity index (χ4v) is 2.82. The standard InChI is InChI=1S/C15H20ClN3O2/c1-10-7-12(16)4-5-13(10)18-14(20)9-19-6-2-3-11(8-19)15(17)21/h4-5,7,11H,2-3,6,8-9H2,1H3,(H2,17,21)(H,18,20)/t11-/m1/s1. The molecule has 5 nitrogen and oxygen atoms in total. The summed E-state index contributed by atoms with van der Waals surface area (Å²) in [6.45, 7) is 3.54. The Morgan fingerprint density at radius 1 is 1.48 bits per heavy atom. The first kappa shape index (κ1) is 15.8. The van der Waals surface area contributed by atoms with Crippen LogP contribution in [-0.4, -0.2) is 36.3 Å². The van der Waals surface area contributed by atoms with E-state index >= 15 is 0 Å². The lowest BCUT2D eigenvalue weighted by atomic mass is 9.97. The zero-order chi connectivity index (χ0) is 15.4. The van der Waals surface area contributed by atoms with Crippen molar-refractivity contribution in [2.75, 3.05) is 25.0 Å². The molecule has 1 atom stereocenters. The third kappa shape index (κ3) is 4.44. The highest BCUT2D eigenvalue weighted by Crippen LogP contribution is 2.20. The molecule has 0 radical (unpaired) electrons. The Bertz CT molecular complexity index is 548. The Morgan fingerprint density at radius 3 is 2.90 bits per heavy atom. The number of aryl methyl sites for hydroxylation is 1. The van der Waals surface area contributed by atoms with E-state index in [0.29, 0.717) is 11.6 Å². The highest BCUT2D eigenvalue weighted by Gasteiger charge is 2.25. The highest BCUT2D eigenvalue weighted by atomic mass is 35.5. The van der Waals surface area contributed by atoms with Gasteiger partial charge in [0.05, 0.1) is 12.5 Å². The van der Waals surface area contributed by atoms with Gasteiger partial charge in [0.15, 0.2) is 0 Å². The highest BCUT2D eigenvalue weighted by molar-refractivity contribution is 6.30. The van der Waals surface area contributed by atoms with Crippen molar-refractivity contribution in [2.45, 2.75) is 19.8 Å². The minimum absolute atomic E-state index is 0.0921. The van der Waals surface area contributed by atoms with Crippen LogP contribution in [0, 0.1) is 12.8 Å². The molecule has 1 heterocycles. The summed E-state index contributed by atoms with van der Waals surface area (Å²) in [5, 5.41) is 3.52. The number of carbonyl (C=O) groups excluding carboxylic acids is 2. The number of likely N-dealkylation sites (tertiary alicyclic amines) is 1. The quantitative estimate of drug-likeness (QED) is 0.890. The maximum absolute atomic E-state index is 12.1. The van der Waals surface area contributed by atoms with Crippen LogP contribution in [0.15, 0.2) is 18.2 Å². The molecule has 6 heteroatoms. The van der Waals surface area contributed by atoms with Gasteiger partial charge in [-0.15, -0.1) is 0 Å². The van der Waals surface area contributed by atoms with E-state index in [4.69, 9.17) is 17.3 Å². The lowest BCUT2D eigenvalue weighted by Crippen LogP contribution is -2.44. The van der Waals surface area contributed by atoms with Crippen molar-refractivity contribution in [3.8, 4) is 0 Å². The molecule has 3 N–H and O–H groups in total. The lowest BCUT2D eigenvalue weighted by molar-refractivity contribution is -0.125. The Labute approximate surface area is 129 Å². The minimum atomic E-state index is -0.284. The number of piperidine rings is 1. The number of carbonyl (C=O) groups is 2. The van der Waals surface area contributed by atoms with Crippen molar-refractivity contribution >= 4 is 29.1 Å². The number of halogens is 1. The van der Waals surface area contributed by atoms with E-state index in [0.717, 1.165) is 30.6 Å². The molecular formula is C15H20ClN3O2. The Morgan fingerprint density at radius 2 is 2.24 bits per heavy atom. The summed E-state index contributed by atoms with van der Waals surface area (Å²) in [5.74, 6) is -0.525. The van der Waals surface area contributed by atoms with Crippen molar-refractivity contribution < 1.29 is 9.59 Å². The molecule has 0 spiro atoms. The predicted molar refractivity (Wildman–Crippen MR) is 83.2 cm³/mol. The number of amides is 2. The summed E-state index contributed by atoms with van der Waals surface area (Å²) in [7, 11) is 0. The third-order valence-corrected chi connectivity index (χ3v) is 3.97. The van der Waals surface area contributed by atoms with E-state index in [9.17, 15) is 9.59 Å². The number of primary amides is 1. The monoisotopic (exact) mass is 309 g/mol. The van der Waals surface area contributed by atoms with E-state index in [1.54, 1.807) is 18.2 Å². The number of nitrogens with two attached hydrogens (primary N) is 1. The van der Waals surface area contributed by atoms with Gasteiger partial charge in [-0.3, -0.25) is 14.5 Å². The maximum Gasteiger partial charge on any atom is 0.238 e. The second-order valence-corrected chi connectivity index (χ2v) is 5.92. The van der Waals surface area contributed by atoms with E-state index in [-0.39, 0.29) is 24.3 Å². The van der Waals surface area contributed by atoms with Crippen molar-refractivity contribution in [1.82, 2.24) is 4.90 Å². The van der Waals surface area contributed by atoms with Crippen LogP contribution in [0.2, 0.25) is 5.02 Å². The fourth-order valence-electron chi connectivity index (χ4n) is 2.59. The normalized spacial score (nSPS) is 19.2. The van der Waals surface area contributed by atoms with Gasteiger partial charge in [0.1, 0.15) is 0 Å². The molecule has 21 heavy (non-hydrogen) atoms. The molecule has 1 aliphatic rings. The molecule has 1 aliphatic heterocycles. The van der Waals surface area contributed by atoms with Crippen LogP contribution in [0.3, 0.4) is 0 Å². The van der Waals surface area contributed by atoms with Gasteiger partial charge in [-0.05, 0) is 50.1 Å². The largest absolute Gasteiger partial charge is 0.369 e. The molecule has 0 aliphatic carbocycles. The Kier molecular flexibility index (Phi) is 5.20. The predicted octanol–water partition coefficient (Wildman–Crippen LogP) is 1.78. The molecule has 0 aromatic heterocycles. The van der Waals surface area contributed by atoms with Crippen LogP contribution in [0.1, 0.15) is 18.4 Å². The van der Waals surface area contributed by atoms with Crippen LogP contribution in [-0.2, 0) is 9.59 Å². The zero-order valence-corrected chi connectivity index (χ0v) is 12.8. The molecule has 1 fully saturated rings. The van der Waals surface area contributed by atoms with Crippen molar-refractivity contribution in [1.29, 1.82) is 0 Å². The summed E-state index contributed by atoms with van der Waals surface area (Å²) in [6.07, 6.45) is 1.70. The summed E-state index contributed by atoms with van der Waals surface area (Å²) in [6, 6.07) is 5.34. The average molecular weight is 310 g/mol. The lowest BCUT2D eigenvalue weighted by Gasteiger charge is -2.30. The topological polar surface area (TPSA) is 75.4 Å². The summed E-state index contributed by atoms with van der Waals surface area (Å²) < 4.78 is 0. The first-order valence-electron chi connectivity index (χ1n) is 7.03. The molecular weight excluding hydrogens is 290 g/mol. The van der Waals surface area contributed by atoms with E-state index in [2.05, 4.69) is 5.32 Å². The summed E-state index contributed by atoms with van der Waals surface area (Å²) in [5.41, 5.74) is 7.02. The second kappa shape index (κ2) is 6.91. The smallest absolute Gasteiger partial charge is 0.238 e. The molecule has 0 unspecified atom stereocenters. The summed E-state index contributed by atoms with van der Waals surface area (Å²) in [4.78, 5) is 25.3. The Hall–Kier alpha value is -1.59. The first-order valence-corrected chi connectivity index (χ1v) is 7.41. The van der Waals surface area contributed by atoms with Gasteiger partial charge in [0, 0.05) is 17.3 Å². The number of hydrogen-bond acceptors (Lipinski definition) is 3.